The summed E-state index contributed by atoms with van der Waals surface area (Å²) in [5.74, 6) is 0.346. The van der Waals surface area contributed by atoms with Crippen molar-refractivity contribution in [3.8, 4) is 5.69 Å². The number of benzene rings is 2. The summed E-state index contributed by atoms with van der Waals surface area (Å²) >= 11 is 6.07. The minimum Gasteiger partial charge on any atom is -0.329 e. The standard InChI is InChI=1S/C30H39ClN4O2/c1-7-8-9-22-10-12-23(13-11-22)29(37)34(19-21(2)3)20-28(36)32-27-18-26(30(4,5)6)33-35(27)25-16-14-24(31)15-17-25/h10-18,21H,7-9,19-20H2,1-6H3,(H,32,36). The molecule has 0 saturated heterocycles. The highest BCUT2D eigenvalue weighted by molar-refractivity contribution is 6.30. The number of aryl methyl sites for hydroxylation is 1. The minimum absolute atomic E-state index is 0.0503. The molecule has 0 saturated carbocycles. The van der Waals surface area contributed by atoms with Gasteiger partial charge in [0.05, 0.1) is 11.4 Å². The van der Waals surface area contributed by atoms with Crippen LogP contribution < -0.4 is 5.32 Å². The maximum atomic E-state index is 13.4. The molecule has 1 heterocycles. The SMILES string of the molecule is CCCCc1ccc(C(=O)N(CC(=O)Nc2cc(C(C)(C)C)nn2-c2ccc(Cl)cc2)CC(C)C)cc1. The highest BCUT2D eigenvalue weighted by Crippen LogP contribution is 2.27. The third-order valence-corrected chi connectivity index (χ3v) is 6.30. The number of aromatic nitrogens is 2. The van der Waals surface area contributed by atoms with Gasteiger partial charge >= 0.3 is 0 Å². The van der Waals surface area contributed by atoms with Crippen LogP contribution in [0.2, 0.25) is 5.02 Å². The number of unbranched alkanes of at least 4 members (excludes halogenated alkanes) is 1. The van der Waals surface area contributed by atoms with Crippen LogP contribution in [-0.4, -0.2) is 39.6 Å². The lowest BCUT2D eigenvalue weighted by molar-refractivity contribution is -0.117. The number of carbonyl (C=O) groups is 2. The van der Waals surface area contributed by atoms with Crippen LogP contribution in [0.1, 0.15) is 76.0 Å². The molecule has 0 spiro atoms. The first kappa shape index (κ1) is 28.5. The second kappa shape index (κ2) is 12.4. The molecular formula is C30H39ClN4O2. The maximum Gasteiger partial charge on any atom is 0.254 e. The van der Waals surface area contributed by atoms with Gasteiger partial charge < -0.3 is 10.2 Å². The van der Waals surface area contributed by atoms with Crippen LogP contribution in [0, 0.1) is 5.92 Å². The van der Waals surface area contributed by atoms with E-state index in [1.165, 1.54) is 5.56 Å². The summed E-state index contributed by atoms with van der Waals surface area (Å²) in [6.45, 7) is 12.9. The molecule has 0 aliphatic rings. The summed E-state index contributed by atoms with van der Waals surface area (Å²) < 4.78 is 1.71. The third-order valence-electron chi connectivity index (χ3n) is 6.04. The predicted octanol–water partition coefficient (Wildman–Crippen LogP) is 6.90. The van der Waals surface area contributed by atoms with E-state index in [2.05, 4.69) is 33.0 Å². The molecule has 2 amide bonds. The summed E-state index contributed by atoms with van der Waals surface area (Å²) in [6.07, 6.45) is 3.25. The first-order chi connectivity index (χ1) is 17.5. The van der Waals surface area contributed by atoms with E-state index >= 15 is 0 Å². The van der Waals surface area contributed by atoms with Crippen LogP contribution in [-0.2, 0) is 16.6 Å². The fraction of sp³-hybridized carbons (Fsp3) is 0.433. The second-order valence-corrected chi connectivity index (χ2v) is 11.4. The maximum absolute atomic E-state index is 13.4. The lowest BCUT2D eigenvalue weighted by Crippen LogP contribution is -2.40. The summed E-state index contributed by atoms with van der Waals surface area (Å²) in [5.41, 5.74) is 3.23. The van der Waals surface area contributed by atoms with Gasteiger partial charge in [0, 0.05) is 28.6 Å². The van der Waals surface area contributed by atoms with E-state index in [-0.39, 0.29) is 29.7 Å². The van der Waals surface area contributed by atoms with E-state index in [1.807, 2.05) is 56.3 Å². The molecule has 3 rings (SSSR count). The summed E-state index contributed by atoms with van der Waals surface area (Å²) in [5, 5.41) is 8.37. The Labute approximate surface area is 226 Å². The number of halogens is 1. The van der Waals surface area contributed by atoms with E-state index in [0.717, 1.165) is 30.6 Å². The van der Waals surface area contributed by atoms with Gasteiger partial charge in [0.15, 0.2) is 0 Å². The molecule has 3 aromatic rings. The second-order valence-electron chi connectivity index (χ2n) is 11.0. The minimum atomic E-state index is -0.274. The van der Waals surface area contributed by atoms with E-state index in [4.69, 9.17) is 16.7 Å². The molecule has 1 N–H and O–H groups in total. The summed E-state index contributed by atoms with van der Waals surface area (Å²) in [4.78, 5) is 28.2. The summed E-state index contributed by atoms with van der Waals surface area (Å²) in [6, 6.07) is 16.9. The zero-order valence-corrected chi connectivity index (χ0v) is 23.6. The van der Waals surface area contributed by atoms with Crippen LogP contribution in [0.4, 0.5) is 5.82 Å². The zero-order valence-electron chi connectivity index (χ0n) is 22.8. The number of carbonyl (C=O) groups excluding carboxylic acids is 2. The van der Waals surface area contributed by atoms with Crippen LogP contribution >= 0.6 is 11.6 Å². The highest BCUT2D eigenvalue weighted by Gasteiger charge is 2.24. The largest absolute Gasteiger partial charge is 0.329 e. The van der Waals surface area contributed by atoms with Crippen molar-refractivity contribution in [2.45, 2.75) is 66.2 Å². The normalized spacial score (nSPS) is 11.6. The first-order valence-corrected chi connectivity index (χ1v) is 13.4. The van der Waals surface area contributed by atoms with Gasteiger partial charge in [0.1, 0.15) is 12.4 Å². The Balaban J connectivity index is 1.81. The molecule has 0 fully saturated rings. The number of hydrogen-bond donors (Lipinski definition) is 1. The number of nitrogens with one attached hydrogen (secondary N) is 1. The van der Waals surface area contributed by atoms with Gasteiger partial charge in [-0.15, -0.1) is 0 Å². The highest BCUT2D eigenvalue weighted by atomic mass is 35.5. The third kappa shape index (κ3) is 7.93. The van der Waals surface area contributed by atoms with Gasteiger partial charge in [0.2, 0.25) is 5.91 Å². The number of amides is 2. The molecule has 0 aliphatic carbocycles. The van der Waals surface area contributed by atoms with Crippen molar-refractivity contribution >= 4 is 29.2 Å². The zero-order chi connectivity index (χ0) is 27.2. The van der Waals surface area contributed by atoms with E-state index in [0.29, 0.717) is 22.9 Å². The Morgan fingerprint density at radius 1 is 1.05 bits per heavy atom. The van der Waals surface area contributed by atoms with Gasteiger partial charge in [-0.05, 0) is 60.7 Å². The topological polar surface area (TPSA) is 67.2 Å². The molecule has 0 radical (unpaired) electrons. The van der Waals surface area contributed by atoms with Crippen LogP contribution in [0.3, 0.4) is 0 Å². The molecule has 37 heavy (non-hydrogen) atoms. The van der Waals surface area contributed by atoms with Crippen molar-refractivity contribution in [2.75, 3.05) is 18.4 Å². The Bertz CT molecular complexity index is 1190. The molecule has 0 unspecified atom stereocenters. The van der Waals surface area contributed by atoms with E-state index in [9.17, 15) is 9.59 Å². The van der Waals surface area contributed by atoms with Gasteiger partial charge in [-0.1, -0.05) is 71.7 Å². The van der Waals surface area contributed by atoms with Crippen molar-refractivity contribution in [1.82, 2.24) is 14.7 Å². The average Bonchev–Trinajstić information content (AvgIpc) is 3.26. The molecule has 7 heteroatoms. The fourth-order valence-electron chi connectivity index (χ4n) is 4.01. The first-order valence-electron chi connectivity index (χ1n) is 13.0. The summed E-state index contributed by atoms with van der Waals surface area (Å²) in [7, 11) is 0. The average molecular weight is 523 g/mol. The van der Waals surface area contributed by atoms with Crippen molar-refractivity contribution in [2.24, 2.45) is 5.92 Å². The number of rotatable bonds is 10. The molecular weight excluding hydrogens is 484 g/mol. The number of nitrogens with zero attached hydrogens (tertiary/aromatic N) is 3. The van der Waals surface area contributed by atoms with Gasteiger partial charge in [0.25, 0.3) is 5.91 Å². The van der Waals surface area contributed by atoms with Crippen molar-refractivity contribution in [3.63, 3.8) is 0 Å². The monoisotopic (exact) mass is 522 g/mol. The van der Waals surface area contributed by atoms with E-state index in [1.54, 1.807) is 21.7 Å². The Morgan fingerprint density at radius 3 is 2.27 bits per heavy atom. The molecule has 1 aromatic heterocycles. The van der Waals surface area contributed by atoms with Gasteiger partial charge in [-0.3, -0.25) is 9.59 Å². The Morgan fingerprint density at radius 2 is 1.70 bits per heavy atom. The van der Waals surface area contributed by atoms with Crippen LogP contribution in [0.25, 0.3) is 5.69 Å². The predicted molar refractivity (Wildman–Crippen MR) is 152 cm³/mol. The van der Waals surface area contributed by atoms with Crippen molar-refractivity contribution < 1.29 is 9.59 Å². The quantitative estimate of drug-likeness (QED) is 0.315. The van der Waals surface area contributed by atoms with Crippen LogP contribution in [0.5, 0.6) is 0 Å². The van der Waals surface area contributed by atoms with Crippen molar-refractivity contribution in [3.05, 3.63) is 76.4 Å². The van der Waals surface area contributed by atoms with Gasteiger partial charge in [-0.2, -0.15) is 5.10 Å². The smallest absolute Gasteiger partial charge is 0.254 e. The van der Waals surface area contributed by atoms with E-state index < -0.39 is 0 Å². The lowest BCUT2D eigenvalue weighted by Gasteiger charge is -2.24. The number of hydrogen-bond acceptors (Lipinski definition) is 3. The molecule has 198 valence electrons. The van der Waals surface area contributed by atoms with Crippen LogP contribution in [0.15, 0.2) is 54.6 Å². The number of anilines is 1. The molecule has 2 aromatic carbocycles. The fourth-order valence-corrected chi connectivity index (χ4v) is 4.13. The molecule has 6 nitrogen and oxygen atoms in total. The molecule has 0 atom stereocenters. The van der Waals surface area contributed by atoms with Gasteiger partial charge in [-0.25, -0.2) is 4.68 Å². The van der Waals surface area contributed by atoms with Crippen molar-refractivity contribution in [1.29, 1.82) is 0 Å². The molecule has 0 aliphatic heterocycles. The lowest BCUT2D eigenvalue weighted by atomic mass is 9.92. The Kier molecular flexibility index (Phi) is 9.55. The Hall–Kier alpha value is -3.12. The molecule has 0 bridgehead atoms.